The topological polar surface area (TPSA) is 37.8 Å². The molecule has 88 valence electrons. The lowest BCUT2D eigenvalue weighted by Crippen LogP contribution is -2.08. The molecule has 4 heteroatoms. The van der Waals surface area contributed by atoms with Crippen molar-refractivity contribution in [3.05, 3.63) is 52.4 Å². The van der Waals surface area contributed by atoms with Gasteiger partial charge in [-0.25, -0.2) is 4.98 Å². The van der Waals surface area contributed by atoms with Gasteiger partial charge in [0.2, 0.25) is 0 Å². The Labute approximate surface area is 109 Å². The van der Waals surface area contributed by atoms with Gasteiger partial charge >= 0.3 is 0 Å². The molecule has 0 bridgehead atoms. The number of aromatic nitrogens is 2. The van der Waals surface area contributed by atoms with E-state index in [1.807, 2.05) is 37.5 Å². The summed E-state index contributed by atoms with van der Waals surface area (Å²) in [6.07, 6.45) is 5.49. The summed E-state index contributed by atoms with van der Waals surface area (Å²) >= 11 is 3.51. The molecule has 2 aromatic rings. The first-order chi connectivity index (χ1) is 8.16. The summed E-state index contributed by atoms with van der Waals surface area (Å²) in [6, 6.07) is 6.21. The lowest BCUT2D eigenvalue weighted by atomic mass is 10.1. The summed E-state index contributed by atoms with van der Waals surface area (Å²) in [6.45, 7) is 4.11. The maximum absolute atomic E-state index is 4.36. The van der Waals surface area contributed by atoms with Crippen LogP contribution < -0.4 is 5.32 Å². The van der Waals surface area contributed by atoms with E-state index < -0.39 is 0 Å². The van der Waals surface area contributed by atoms with Gasteiger partial charge in [0.25, 0.3) is 0 Å². The van der Waals surface area contributed by atoms with Crippen molar-refractivity contribution in [2.24, 2.45) is 0 Å². The normalized spacial score (nSPS) is 12.2. The monoisotopic (exact) mass is 291 g/mol. The molecule has 0 aliphatic heterocycles. The summed E-state index contributed by atoms with van der Waals surface area (Å²) in [7, 11) is 0. The summed E-state index contributed by atoms with van der Waals surface area (Å²) in [5.74, 6) is 0.854. The van der Waals surface area contributed by atoms with E-state index in [1.54, 1.807) is 6.20 Å². The Hall–Kier alpha value is -1.42. The summed E-state index contributed by atoms with van der Waals surface area (Å²) in [4.78, 5) is 8.48. The number of hydrogen-bond acceptors (Lipinski definition) is 3. The number of aryl methyl sites for hydroxylation is 1. The molecular formula is C13H14BrN3. The SMILES string of the molecule is Cc1cnc(NC(C)c2cccnc2)c(Br)c1. The second-order valence-electron chi connectivity index (χ2n) is 4.00. The predicted octanol–water partition coefficient (Wildman–Crippen LogP) is 3.72. The minimum Gasteiger partial charge on any atom is -0.363 e. The Balaban J connectivity index is 2.16. The van der Waals surface area contributed by atoms with Crippen LogP contribution in [0.5, 0.6) is 0 Å². The third-order valence-corrected chi connectivity index (χ3v) is 3.12. The van der Waals surface area contributed by atoms with Gasteiger partial charge in [0.05, 0.1) is 10.5 Å². The Kier molecular flexibility index (Phi) is 3.74. The molecule has 0 aliphatic carbocycles. The molecule has 0 aliphatic rings. The fraction of sp³-hybridized carbons (Fsp3) is 0.231. The van der Waals surface area contributed by atoms with Gasteiger partial charge < -0.3 is 5.32 Å². The van der Waals surface area contributed by atoms with Crippen molar-refractivity contribution in [2.75, 3.05) is 5.32 Å². The Bertz CT molecular complexity index is 499. The maximum atomic E-state index is 4.36. The second-order valence-corrected chi connectivity index (χ2v) is 4.85. The Morgan fingerprint density at radius 2 is 2.18 bits per heavy atom. The highest BCUT2D eigenvalue weighted by Gasteiger charge is 2.08. The highest BCUT2D eigenvalue weighted by molar-refractivity contribution is 9.10. The lowest BCUT2D eigenvalue weighted by Gasteiger charge is -2.15. The number of nitrogens with zero attached hydrogens (tertiary/aromatic N) is 2. The molecule has 1 atom stereocenters. The average Bonchev–Trinajstić information content (AvgIpc) is 2.34. The molecule has 3 nitrogen and oxygen atoms in total. The van der Waals surface area contributed by atoms with Crippen LogP contribution in [0.25, 0.3) is 0 Å². The Morgan fingerprint density at radius 1 is 1.35 bits per heavy atom. The number of hydrogen-bond donors (Lipinski definition) is 1. The van der Waals surface area contributed by atoms with E-state index in [2.05, 4.69) is 38.1 Å². The third kappa shape index (κ3) is 3.03. The highest BCUT2D eigenvalue weighted by Crippen LogP contribution is 2.24. The highest BCUT2D eigenvalue weighted by atomic mass is 79.9. The minimum absolute atomic E-state index is 0.176. The Morgan fingerprint density at radius 3 is 2.82 bits per heavy atom. The zero-order valence-electron chi connectivity index (χ0n) is 9.81. The van der Waals surface area contributed by atoms with Crippen molar-refractivity contribution >= 4 is 21.7 Å². The first-order valence-electron chi connectivity index (χ1n) is 5.45. The molecular weight excluding hydrogens is 278 g/mol. The van der Waals surface area contributed by atoms with E-state index >= 15 is 0 Å². The lowest BCUT2D eigenvalue weighted by molar-refractivity contribution is 0.864. The minimum atomic E-state index is 0.176. The van der Waals surface area contributed by atoms with E-state index in [-0.39, 0.29) is 6.04 Å². The largest absolute Gasteiger partial charge is 0.363 e. The van der Waals surface area contributed by atoms with E-state index in [0.717, 1.165) is 21.4 Å². The van der Waals surface area contributed by atoms with Gasteiger partial charge in [0, 0.05) is 18.6 Å². The quantitative estimate of drug-likeness (QED) is 0.937. The average molecular weight is 292 g/mol. The smallest absolute Gasteiger partial charge is 0.140 e. The second kappa shape index (κ2) is 5.27. The van der Waals surface area contributed by atoms with Crippen LogP contribution in [0.3, 0.4) is 0 Å². The first kappa shape index (κ1) is 12.0. The van der Waals surface area contributed by atoms with Gasteiger partial charge in [0.15, 0.2) is 0 Å². The van der Waals surface area contributed by atoms with E-state index in [0.29, 0.717) is 0 Å². The molecule has 2 heterocycles. The molecule has 0 aromatic carbocycles. The van der Waals surface area contributed by atoms with Gasteiger partial charge in [-0.15, -0.1) is 0 Å². The van der Waals surface area contributed by atoms with Crippen LogP contribution >= 0.6 is 15.9 Å². The van der Waals surface area contributed by atoms with Crippen molar-refractivity contribution in [2.45, 2.75) is 19.9 Å². The van der Waals surface area contributed by atoms with Gasteiger partial charge in [-0.3, -0.25) is 4.98 Å². The van der Waals surface area contributed by atoms with Gasteiger partial charge in [-0.1, -0.05) is 6.07 Å². The van der Waals surface area contributed by atoms with Gasteiger partial charge in [-0.05, 0) is 53.0 Å². The van der Waals surface area contributed by atoms with Crippen molar-refractivity contribution in [1.29, 1.82) is 0 Å². The molecule has 0 saturated heterocycles. The van der Waals surface area contributed by atoms with Crippen LogP contribution in [-0.4, -0.2) is 9.97 Å². The van der Waals surface area contributed by atoms with E-state index in [4.69, 9.17) is 0 Å². The van der Waals surface area contributed by atoms with E-state index in [1.165, 1.54) is 0 Å². The standard InChI is InChI=1S/C13H14BrN3/c1-9-6-12(14)13(16-7-9)17-10(2)11-4-3-5-15-8-11/h3-8,10H,1-2H3,(H,16,17). The fourth-order valence-corrected chi connectivity index (χ4v) is 2.14. The number of halogens is 1. The maximum Gasteiger partial charge on any atom is 0.140 e. The zero-order valence-corrected chi connectivity index (χ0v) is 11.4. The molecule has 2 rings (SSSR count). The first-order valence-corrected chi connectivity index (χ1v) is 6.24. The third-order valence-electron chi connectivity index (χ3n) is 2.52. The van der Waals surface area contributed by atoms with Crippen LogP contribution in [0.2, 0.25) is 0 Å². The number of anilines is 1. The van der Waals surface area contributed by atoms with Crippen LogP contribution in [-0.2, 0) is 0 Å². The number of rotatable bonds is 3. The molecule has 0 radical (unpaired) electrons. The van der Waals surface area contributed by atoms with E-state index in [9.17, 15) is 0 Å². The molecule has 2 aromatic heterocycles. The summed E-state index contributed by atoms with van der Waals surface area (Å²) in [5, 5.41) is 3.36. The molecule has 1 N–H and O–H groups in total. The van der Waals surface area contributed by atoms with Crippen LogP contribution in [0, 0.1) is 6.92 Å². The molecule has 0 amide bonds. The van der Waals surface area contributed by atoms with Crippen molar-refractivity contribution in [3.63, 3.8) is 0 Å². The molecule has 0 fully saturated rings. The van der Waals surface area contributed by atoms with Crippen molar-refractivity contribution in [3.8, 4) is 0 Å². The van der Waals surface area contributed by atoms with Crippen molar-refractivity contribution in [1.82, 2.24) is 9.97 Å². The molecule has 1 unspecified atom stereocenters. The number of nitrogens with one attached hydrogen (secondary N) is 1. The number of pyridine rings is 2. The van der Waals surface area contributed by atoms with Gasteiger partial charge in [-0.2, -0.15) is 0 Å². The van der Waals surface area contributed by atoms with Crippen LogP contribution in [0.15, 0.2) is 41.3 Å². The van der Waals surface area contributed by atoms with Crippen molar-refractivity contribution < 1.29 is 0 Å². The summed E-state index contributed by atoms with van der Waals surface area (Å²) < 4.78 is 0.980. The van der Waals surface area contributed by atoms with Gasteiger partial charge in [0.1, 0.15) is 5.82 Å². The zero-order chi connectivity index (χ0) is 12.3. The van der Waals surface area contributed by atoms with Crippen LogP contribution in [0.1, 0.15) is 24.1 Å². The molecule has 0 saturated carbocycles. The summed E-state index contributed by atoms with van der Waals surface area (Å²) in [5.41, 5.74) is 2.28. The molecule has 17 heavy (non-hydrogen) atoms. The predicted molar refractivity (Wildman–Crippen MR) is 72.9 cm³/mol. The fourth-order valence-electron chi connectivity index (χ4n) is 1.56. The molecule has 0 spiro atoms. The van der Waals surface area contributed by atoms with Crippen LogP contribution in [0.4, 0.5) is 5.82 Å².